The van der Waals surface area contributed by atoms with Crippen LogP contribution in [0.25, 0.3) is 27.6 Å². The number of rotatable bonds is 9. The zero-order valence-corrected chi connectivity index (χ0v) is 21.5. The molecular weight excluding hydrogens is 431 g/mol. The van der Waals surface area contributed by atoms with Gasteiger partial charge in [-0.15, -0.1) is 11.3 Å². The van der Waals surface area contributed by atoms with Gasteiger partial charge >= 0.3 is 29.6 Å². The normalized spacial score (nSPS) is 13.2. The maximum Gasteiger partial charge on any atom is 1.00 e. The number of hydrogen-bond acceptors (Lipinski definition) is 5. The molecule has 1 heterocycles. The molecule has 0 aliphatic heterocycles. The molecule has 1 aromatic heterocycles. The number of hydrogen-bond donors (Lipinski definition) is 2. The molecule has 0 saturated heterocycles. The van der Waals surface area contributed by atoms with Crippen molar-refractivity contribution < 1.29 is 49.7 Å². The fraction of sp³-hybridized carbons (Fsp3) is 0.269. The Bertz CT molecular complexity index is 1030. The Balaban J connectivity index is 0.00000363. The molecule has 0 radical (unpaired) electrons. The summed E-state index contributed by atoms with van der Waals surface area (Å²) < 4.78 is 0. The molecule has 0 saturated carbocycles. The first-order valence-electron chi connectivity index (χ1n) is 10.4. The van der Waals surface area contributed by atoms with E-state index in [-0.39, 0.29) is 41.9 Å². The molecule has 4 nitrogen and oxygen atoms in total. The minimum Gasteiger partial charge on any atom is -0.550 e. The van der Waals surface area contributed by atoms with Gasteiger partial charge in [0.05, 0.1) is 12.2 Å². The summed E-state index contributed by atoms with van der Waals surface area (Å²) in [5.41, 5.74) is 4.38. The molecule has 3 rings (SSSR count). The molecule has 3 aromatic rings. The molecule has 32 heavy (non-hydrogen) atoms. The third kappa shape index (κ3) is 6.88. The standard InChI is InChI=1S/C26H28O4S.Na/c1-17(2)25-22(14-13-20(27)15-21(28)16-23(29)30)24(18-9-5-3-6-10-18)26(31-25)19-11-7-4-8-12-19;/h3-14,17,20-21,27-28H,15-16H2,1-2H3,(H,29,30);/q;+1/p-1/b14-13+;/t20-,21-;/m1./s1. The second-order valence-electron chi connectivity index (χ2n) is 7.86. The first-order valence-corrected chi connectivity index (χ1v) is 11.2. The van der Waals surface area contributed by atoms with E-state index in [9.17, 15) is 20.1 Å². The summed E-state index contributed by atoms with van der Waals surface area (Å²) in [5.74, 6) is -1.05. The minimum absolute atomic E-state index is 0. The van der Waals surface area contributed by atoms with Crippen molar-refractivity contribution in [3.05, 3.63) is 77.2 Å². The third-order valence-electron chi connectivity index (χ3n) is 5.00. The first kappa shape index (κ1) is 26.5. The van der Waals surface area contributed by atoms with E-state index < -0.39 is 24.6 Å². The van der Waals surface area contributed by atoms with Crippen molar-refractivity contribution in [1.82, 2.24) is 0 Å². The number of carboxylic acids is 1. The number of carboxylic acid groups (broad SMARTS) is 1. The maximum atomic E-state index is 10.7. The van der Waals surface area contributed by atoms with E-state index in [2.05, 4.69) is 38.1 Å². The van der Waals surface area contributed by atoms with Gasteiger partial charge in [0.25, 0.3) is 0 Å². The molecule has 0 bridgehead atoms. The first-order chi connectivity index (χ1) is 14.9. The SMILES string of the molecule is CC(C)c1sc(-c2ccccc2)c(-c2ccccc2)c1/C=C/[C@@H](O)C[C@@H](O)CC(=O)[O-].[Na+]. The summed E-state index contributed by atoms with van der Waals surface area (Å²) in [6.07, 6.45) is 0.875. The monoisotopic (exact) mass is 458 g/mol. The molecule has 2 atom stereocenters. The fourth-order valence-electron chi connectivity index (χ4n) is 3.58. The van der Waals surface area contributed by atoms with Crippen LogP contribution in [-0.4, -0.2) is 28.4 Å². The van der Waals surface area contributed by atoms with E-state index in [1.54, 1.807) is 17.4 Å². The second kappa shape index (κ2) is 12.5. The van der Waals surface area contributed by atoms with Gasteiger partial charge in [-0.2, -0.15) is 0 Å². The minimum atomic E-state index is -1.33. The Labute approximate surface area is 215 Å². The largest absolute Gasteiger partial charge is 1.00 e. The molecule has 0 unspecified atom stereocenters. The van der Waals surface area contributed by atoms with Gasteiger partial charge in [0.15, 0.2) is 0 Å². The van der Waals surface area contributed by atoms with Crippen LogP contribution in [0.4, 0.5) is 0 Å². The number of aliphatic carboxylic acids is 1. The molecule has 0 fully saturated rings. The van der Waals surface area contributed by atoms with Crippen LogP contribution >= 0.6 is 11.3 Å². The summed E-state index contributed by atoms with van der Waals surface area (Å²) in [6, 6.07) is 20.4. The fourth-order valence-corrected chi connectivity index (χ4v) is 4.90. The van der Waals surface area contributed by atoms with Crippen molar-refractivity contribution >= 4 is 23.4 Å². The molecule has 6 heteroatoms. The van der Waals surface area contributed by atoms with Gasteiger partial charge in [-0.05, 0) is 22.6 Å². The van der Waals surface area contributed by atoms with Crippen LogP contribution in [0.3, 0.4) is 0 Å². The number of carbonyl (C=O) groups is 1. The van der Waals surface area contributed by atoms with Gasteiger partial charge in [0.2, 0.25) is 0 Å². The summed E-state index contributed by atoms with van der Waals surface area (Å²) in [5, 5.41) is 30.8. The van der Waals surface area contributed by atoms with Crippen LogP contribution in [-0.2, 0) is 4.79 Å². The zero-order valence-electron chi connectivity index (χ0n) is 18.7. The van der Waals surface area contributed by atoms with Crippen LogP contribution in [0.15, 0.2) is 66.7 Å². The molecular formula is C26H27NaO4S. The van der Waals surface area contributed by atoms with Gasteiger partial charge < -0.3 is 20.1 Å². The Morgan fingerprint density at radius 2 is 1.56 bits per heavy atom. The molecule has 0 amide bonds. The van der Waals surface area contributed by atoms with Gasteiger partial charge in [0.1, 0.15) is 0 Å². The second-order valence-corrected chi connectivity index (χ2v) is 8.92. The molecule has 0 aliphatic carbocycles. The van der Waals surface area contributed by atoms with Crippen LogP contribution in [0.5, 0.6) is 0 Å². The van der Waals surface area contributed by atoms with E-state index in [0.29, 0.717) is 0 Å². The Kier molecular flexibility index (Phi) is 10.4. The Morgan fingerprint density at radius 1 is 1.00 bits per heavy atom. The maximum absolute atomic E-state index is 10.7. The van der Waals surface area contributed by atoms with Crippen molar-refractivity contribution in [2.24, 2.45) is 0 Å². The third-order valence-corrected chi connectivity index (χ3v) is 6.55. The topological polar surface area (TPSA) is 80.6 Å². The average molecular weight is 459 g/mol. The van der Waals surface area contributed by atoms with Crippen LogP contribution < -0.4 is 34.7 Å². The van der Waals surface area contributed by atoms with E-state index in [0.717, 1.165) is 22.3 Å². The van der Waals surface area contributed by atoms with Gasteiger partial charge in [0, 0.05) is 34.1 Å². The van der Waals surface area contributed by atoms with E-state index in [1.165, 1.54) is 9.75 Å². The summed E-state index contributed by atoms with van der Waals surface area (Å²) in [6.45, 7) is 4.29. The van der Waals surface area contributed by atoms with E-state index >= 15 is 0 Å². The molecule has 2 aromatic carbocycles. The van der Waals surface area contributed by atoms with Gasteiger partial charge in [-0.1, -0.05) is 86.7 Å². The van der Waals surface area contributed by atoms with Gasteiger partial charge in [-0.3, -0.25) is 0 Å². The van der Waals surface area contributed by atoms with Crippen LogP contribution in [0, 0.1) is 0 Å². The predicted octanol–water partition coefficient (Wildman–Crippen LogP) is 1.47. The van der Waals surface area contributed by atoms with Crippen LogP contribution in [0.2, 0.25) is 0 Å². The smallest absolute Gasteiger partial charge is 0.550 e. The molecule has 0 aliphatic rings. The van der Waals surface area contributed by atoms with Crippen molar-refractivity contribution in [1.29, 1.82) is 0 Å². The van der Waals surface area contributed by atoms with Crippen molar-refractivity contribution in [2.75, 3.05) is 0 Å². The molecule has 162 valence electrons. The van der Waals surface area contributed by atoms with Crippen molar-refractivity contribution in [2.45, 2.75) is 44.8 Å². The number of benzene rings is 2. The average Bonchev–Trinajstić information content (AvgIpc) is 3.12. The number of aliphatic hydroxyl groups excluding tert-OH is 2. The van der Waals surface area contributed by atoms with Crippen molar-refractivity contribution in [3.8, 4) is 21.6 Å². The number of aliphatic hydroxyl groups is 2. The number of thiophene rings is 1. The number of carbonyl (C=O) groups excluding carboxylic acids is 1. The zero-order chi connectivity index (χ0) is 22.4. The molecule has 0 spiro atoms. The summed E-state index contributed by atoms with van der Waals surface area (Å²) in [7, 11) is 0. The van der Waals surface area contributed by atoms with E-state index in [1.807, 2.05) is 42.5 Å². The van der Waals surface area contributed by atoms with Crippen LogP contribution in [0.1, 0.15) is 43.0 Å². The summed E-state index contributed by atoms with van der Waals surface area (Å²) >= 11 is 1.75. The quantitative estimate of drug-likeness (QED) is 0.476. The van der Waals surface area contributed by atoms with Gasteiger partial charge in [-0.25, -0.2) is 0 Å². The Morgan fingerprint density at radius 3 is 2.09 bits per heavy atom. The van der Waals surface area contributed by atoms with E-state index in [4.69, 9.17) is 0 Å². The van der Waals surface area contributed by atoms with Crippen molar-refractivity contribution in [3.63, 3.8) is 0 Å². The Hall–Kier alpha value is -1.73. The predicted molar refractivity (Wildman–Crippen MR) is 125 cm³/mol. The molecule has 2 N–H and O–H groups in total. The summed E-state index contributed by atoms with van der Waals surface area (Å²) in [4.78, 5) is 13.0.